The monoisotopic (exact) mass is 276 g/mol. The van der Waals surface area contributed by atoms with Gasteiger partial charge in [-0.1, -0.05) is 17.7 Å². The summed E-state index contributed by atoms with van der Waals surface area (Å²) in [5, 5.41) is 6.33. The van der Waals surface area contributed by atoms with Crippen LogP contribution in [0, 0.1) is 12.8 Å². The predicted molar refractivity (Wildman–Crippen MR) is 80.0 cm³/mol. The lowest BCUT2D eigenvalue weighted by molar-refractivity contribution is -0.125. The summed E-state index contributed by atoms with van der Waals surface area (Å²) in [6, 6.07) is 6.14. The number of hydrogen-bond acceptors (Lipinski definition) is 3. The minimum Gasteiger partial charge on any atom is -0.496 e. The summed E-state index contributed by atoms with van der Waals surface area (Å²) >= 11 is 0. The Labute approximate surface area is 120 Å². The summed E-state index contributed by atoms with van der Waals surface area (Å²) in [4.78, 5) is 12.0. The molecule has 2 rings (SSSR count). The van der Waals surface area contributed by atoms with Crippen molar-refractivity contribution in [1.29, 1.82) is 0 Å². The number of carbonyl (C=O) groups excluding carboxylic acids is 1. The molecule has 4 nitrogen and oxygen atoms in total. The zero-order chi connectivity index (χ0) is 14.4. The van der Waals surface area contributed by atoms with E-state index in [0.717, 1.165) is 43.7 Å². The van der Waals surface area contributed by atoms with E-state index in [4.69, 9.17) is 4.74 Å². The molecule has 0 bridgehead atoms. The first-order valence-corrected chi connectivity index (χ1v) is 7.32. The van der Waals surface area contributed by atoms with Crippen molar-refractivity contribution in [3.05, 3.63) is 29.3 Å². The Morgan fingerprint density at radius 2 is 2.15 bits per heavy atom. The van der Waals surface area contributed by atoms with Gasteiger partial charge in [0.25, 0.3) is 0 Å². The molecule has 1 aromatic carbocycles. The van der Waals surface area contributed by atoms with Gasteiger partial charge in [0.15, 0.2) is 0 Å². The summed E-state index contributed by atoms with van der Waals surface area (Å²) in [7, 11) is 1.68. The number of rotatable bonds is 5. The summed E-state index contributed by atoms with van der Waals surface area (Å²) < 4.78 is 5.35. The molecular weight excluding hydrogens is 252 g/mol. The average Bonchev–Trinajstić information content (AvgIpc) is 2.48. The lowest BCUT2D eigenvalue weighted by Crippen LogP contribution is -2.38. The standard InChI is InChI=1S/C16H24N2O2/c1-12-3-4-15(20-2)14(11-12)7-10-18-16(19)13-5-8-17-9-6-13/h3-4,11,13,17H,5-10H2,1-2H3,(H,18,19). The quantitative estimate of drug-likeness (QED) is 0.860. The topological polar surface area (TPSA) is 50.4 Å². The molecule has 1 heterocycles. The van der Waals surface area contributed by atoms with E-state index >= 15 is 0 Å². The predicted octanol–water partition coefficient (Wildman–Crippen LogP) is 1.66. The van der Waals surface area contributed by atoms with Gasteiger partial charge < -0.3 is 15.4 Å². The third-order valence-corrected chi connectivity index (χ3v) is 3.84. The minimum absolute atomic E-state index is 0.177. The highest BCUT2D eigenvalue weighted by Gasteiger charge is 2.20. The van der Waals surface area contributed by atoms with Crippen LogP contribution in [-0.2, 0) is 11.2 Å². The smallest absolute Gasteiger partial charge is 0.223 e. The number of amides is 1. The molecule has 1 aromatic rings. The van der Waals surface area contributed by atoms with Crippen molar-refractivity contribution in [3.63, 3.8) is 0 Å². The van der Waals surface area contributed by atoms with Crippen molar-refractivity contribution in [2.24, 2.45) is 5.92 Å². The molecule has 0 atom stereocenters. The fourth-order valence-electron chi connectivity index (χ4n) is 2.65. The zero-order valence-corrected chi connectivity index (χ0v) is 12.4. The van der Waals surface area contributed by atoms with Gasteiger partial charge in [-0.15, -0.1) is 0 Å². The molecule has 1 fully saturated rings. The summed E-state index contributed by atoms with van der Waals surface area (Å²) in [5.74, 6) is 1.26. The molecule has 1 saturated heterocycles. The van der Waals surface area contributed by atoms with Crippen LogP contribution in [0.3, 0.4) is 0 Å². The van der Waals surface area contributed by atoms with Gasteiger partial charge in [0.2, 0.25) is 5.91 Å². The number of nitrogens with one attached hydrogen (secondary N) is 2. The fraction of sp³-hybridized carbons (Fsp3) is 0.562. The molecule has 1 aliphatic heterocycles. The Balaban J connectivity index is 1.83. The molecule has 0 saturated carbocycles. The van der Waals surface area contributed by atoms with E-state index in [1.807, 2.05) is 12.1 Å². The van der Waals surface area contributed by atoms with E-state index in [1.165, 1.54) is 5.56 Å². The highest BCUT2D eigenvalue weighted by molar-refractivity contribution is 5.78. The average molecular weight is 276 g/mol. The van der Waals surface area contributed by atoms with Crippen LogP contribution < -0.4 is 15.4 Å². The Hall–Kier alpha value is -1.55. The van der Waals surface area contributed by atoms with Crippen LogP contribution in [-0.4, -0.2) is 32.7 Å². The third-order valence-electron chi connectivity index (χ3n) is 3.84. The van der Waals surface area contributed by atoms with Crippen molar-refractivity contribution in [2.75, 3.05) is 26.7 Å². The van der Waals surface area contributed by atoms with Crippen LogP contribution in [0.15, 0.2) is 18.2 Å². The van der Waals surface area contributed by atoms with Gasteiger partial charge in [-0.05, 0) is 50.9 Å². The maximum Gasteiger partial charge on any atom is 0.223 e. The van der Waals surface area contributed by atoms with E-state index in [9.17, 15) is 4.79 Å². The van der Waals surface area contributed by atoms with Crippen molar-refractivity contribution in [3.8, 4) is 5.75 Å². The first-order valence-electron chi connectivity index (χ1n) is 7.32. The molecule has 0 aliphatic carbocycles. The molecular formula is C16H24N2O2. The third kappa shape index (κ3) is 3.97. The number of aryl methyl sites for hydroxylation is 1. The molecule has 110 valence electrons. The van der Waals surface area contributed by atoms with Crippen LogP contribution in [0.5, 0.6) is 5.75 Å². The summed E-state index contributed by atoms with van der Waals surface area (Å²) in [5.41, 5.74) is 2.36. The molecule has 0 spiro atoms. The Bertz CT molecular complexity index is 454. The molecule has 0 unspecified atom stereocenters. The Kier molecular flexibility index (Phi) is 5.41. The maximum absolute atomic E-state index is 12.0. The van der Waals surface area contributed by atoms with Crippen LogP contribution in [0.1, 0.15) is 24.0 Å². The van der Waals surface area contributed by atoms with Gasteiger partial charge in [-0.25, -0.2) is 0 Å². The van der Waals surface area contributed by atoms with Gasteiger partial charge >= 0.3 is 0 Å². The van der Waals surface area contributed by atoms with Crippen LogP contribution in [0.4, 0.5) is 0 Å². The number of carbonyl (C=O) groups is 1. The van der Waals surface area contributed by atoms with E-state index in [1.54, 1.807) is 7.11 Å². The first-order chi connectivity index (χ1) is 9.70. The first kappa shape index (κ1) is 14.9. The van der Waals surface area contributed by atoms with Gasteiger partial charge in [0, 0.05) is 12.5 Å². The van der Waals surface area contributed by atoms with Gasteiger partial charge in [-0.3, -0.25) is 4.79 Å². The van der Waals surface area contributed by atoms with E-state index in [2.05, 4.69) is 23.6 Å². The number of piperidine rings is 1. The molecule has 0 radical (unpaired) electrons. The van der Waals surface area contributed by atoms with Gasteiger partial charge in [-0.2, -0.15) is 0 Å². The van der Waals surface area contributed by atoms with Crippen LogP contribution in [0.25, 0.3) is 0 Å². The Morgan fingerprint density at radius 3 is 2.85 bits per heavy atom. The fourth-order valence-corrected chi connectivity index (χ4v) is 2.65. The summed E-state index contributed by atoms with van der Waals surface area (Å²) in [6.07, 6.45) is 2.70. The van der Waals surface area contributed by atoms with E-state index in [-0.39, 0.29) is 11.8 Å². The molecule has 0 aromatic heterocycles. The van der Waals surface area contributed by atoms with Crippen LogP contribution in [0.2, 0.25) is 0 Å². The SMILES string of the molecule is COc1ccc(C)cc1CCNC(=O)C1CCNCC1. The lowest BCUT2D eigenvalue weighted by Gasteiger charge is -2.21. The largest absolute Gasteiger partial charge is 0.496 e. The van der Waals surface area contributed by atoms with E-state index < -0.39 is 0 Å². The number of ether oxygens (including phenoxy) is 1. The second-order valence-corrected chi connectivity index (χ2v) is 5.38. The highest BCUT2D eigenvalue weighted by Crippen LogP contribution is 2.20. The second kappa shape index (κ2) is 7.29. The molecule has 1 aliphatic rings. The molecule has 4 heteroatoms. The van der Waals surface area contributed by atoms with Gasteiger partial charge in [0.1, 0.15) is 5.75 Å². The minimum atomic E-state index is 0.177. The zero-order valence-electron chi connectivity index (χ0n) is 12.4. The van der Waals surface area contributed by atoms with Crippen LogP contribution >= 0.6 is 0 Å². The maximum atomic E-state index is 12.0. The van der Waals surface area contributed by atoms with Crippen molar-refractivity contribution < 1.29 is 9.53 Å². The van der Waals surface area contributed by atoms with Crippen molar-refractivity contribution >= 4 is 5.91 Å². The van der Waals surface area contributed by atoms with Crippen molar-refractivity contribution in [1.82, 2.24) is 10.6 Å². The highest BCUT2D eigenvalue weighted by atomic mass is 16.5. The van der Waals surface area contributed by atoms with Gasteiger partial charge in [0.05, 0.1) is 7.11 Å². The second-order valence-electron chi connectivity index (χ2n) is 5.38. The molecule has 1 amide bonds. The lowest BCUT2D eigenvalue weighted by atomic mass is 9.97. The molecule has 2 N–H and O–H groups in total. The molecule has 20 heavy (non-hydrogen) atoms. The Morgan fingerprint density at radius 1 is 1.40 bits per heavy atom. The van der Waals surface area contributed by atoms with Crippen molar-refractivity contribution in [2.45, 2.75) is 26.2 Å². The number of hydrogen-bond donors (Lipinski definition) is 2. The number of methoxy groups -OCH3 is 1. The summed E-state index contributed by atoms with van der Waals surface area (Å²) in [6.45, 7) is 4.63. The van der Waals surface area contributed by atoms with E-state index in [0.29, 0.717) is 6.54 Å². The normalized spacial score (nSPS) is 15.9. The number of benzene rings is 1.